The summed E-state index contributed by atoms with van der Waals surface area (Å²) in [5, 5.41) is 3.58. The van der Waals surface area contributed by atoms with Gasteiger partial charge in [-0.1, -0.05) is 35.3 Å². The van der Waals surface area contributed by atoms with Crippen molar-refractivity contribution in [2.75, 3.05) is 5.32 Å². The molecule has 1 atom stereocenters. The summed E-state index contributed by atoms with van der Waals surface area (Å²) in [6, 6.07) is 7.35. The molecule has 0 fully saturated rings. The van der Waals surface area contributed by atoms with Gasteiger partial charge in [0.05, 0.1) is 15.6 Å². The molecule has 3 amide bonds. The number of hydrogen-bond acceptors (Lipinski definition) is 4. The first-order chi connectivity index (χ1) is 14.3. The number of halogens is 8. The van der Waals surface area contributed by atoms with Gasteiger partial charge in [0.15, 0.2) is 0 Å². The SMILES string of the molecule is O=C(NC(=O)c1ccccc1Cl)Nc1ccc(OC(F)(F)C(F)OC(F)(F)F)c(Cl)c1. The first-order valence-electron chi connectivity index (χ1n) is 7.90. The standard InChI is InChI=1S/C17H10Cl2F6N2O4/c18-10-4-2-1-3-9(10)13(28)27-15(29)26-8-5-6-12(11(19)7-8)30-16(21,22)14(20)31-17(23,24)25/h1-7,14H,(H2,26,27,28,29). The van der Waals surface area contributed by atoms with E-state index >= 15 is 0 Å². The summed E-state index contributed by atoms with van der Waals surface area (Å²) in [5.74, 6) is -1.74. The zero-order valence-electron chi connectivity index (χ0n) is 14.8. The Balaban J connectivity index is 2.03. The summed E-state index contributed by atoms with van der Waals surface area (Å²) in [7, 11) is 0. The Labute approximate surface area is 180 Å². The van der Waals surface area contributed by atoms with E-state index in [2.05, 4.69) is 14.8 Å². The summed E-state index contributed by atoms with van der Waals surface area (Å²) < 4.78 is 82.1. The van der Waals surface area contributed by atoms with E-state index in [0.717, 1.165) is 18.2 Å². The van der Waals surface area contributed by atoms with E-state index in [-0.39, 0.29) is 16.3 Å². The fourth-order valence-electron chi connectivity index (χ4n) is 2.02. The molecule has 168 valence electrons. The van der Waals surface area contributed by atoms with Crippen LogP contribution in [-0.4, -0.2) is 30.8 Å². The lowest BCUT2D eigenvalue weighted by Gasteiger charge is -2.22. The molecule has 0 bridgehead atoms. The molecule has 0 saturated heterocycles. The smallest absolute Gasteiger partial charge is 0.427 e. The lowest BCUT2D eigenvalue weighted by molar-refractivity contribution is -0.411. The number of alkyl halides is 6. The van der Waals surface area contributed by atoms with Crippen LogP contribution in [0.1, 0.15) is 10.4 Å². The summed E-state index contributed by atoms with van der Waals surface area (Å²) in [4.78, 5) is 23.9. The van der Waals surface area contributed by atoms with Crippen molar-refractivity contribution < 1.29 is 45.4 Å². The number of anilines is 1. The first kappa shape index (κ1) is 24.6. The van der Waals surface area contributed by atoms with Crippen LogP contribution in [0, 0.1) is 0 Å². The summed E-state index contributed by atoms with van der Waals surface area (Å²) in [6.07, 6.45) is -14.9. The molecule has 0 spiro atoms. The monoisotopic (exact) mass is 490 g/mol. The number of carbonyl (C=O) groups is 2. The number of nitrogens with one attached hydrogen (secondary N) is 2. The number of imide groups is 1. The van der Waals surface area contributed by atoms with Gasteiger partial charge < -0.3 is 10.1 Å². The fourth-order valence-corrected chi connectivity index (χ4v) is 2.46. The molecule has 0 heterocycles. The van der Waals surface area contributed by atoms with Crippen molar-refractivity contribution >= 4 is 40.8 Å². The molecule has 0 saturated carbocycles. The van der Waals surface area contributed by atoms with Crippen LogP contribution in [0.5, 0.6) is 5.75 Å². The van der Waals surface area contributed by atoms with Crippen LogP contribution in [0.2, 0.25) is 10.0 Å². The highest BCUT2D eigenvalue weighted by molar-refractivity contribution is 6.34. The van der Waals surface area contributed by atoms with Gasteiger partial charge in [0.1, 0.15) is 5.75 Å². The first-order valence-corrected chi connectivity index (χ1v) is 8.66. The summed E-state index contributed by atoms with van der Waals surface area (Å²) in [5.41, 5.74) is -0.112. The Bertz CT molecular complexity index is 974. The zero-order valence-corrected chi connectivity index (χ0v) is 16.3. The lowest BCUT2D eigenvalue weighted by atomic mass is 10.2. The molecule has 2 aromatic rings. The third kappa shape index (κ3) is 7.19. The van der Waals surface area contributed by atoms with Gasteiger partial charge in [0.2, 0.25) is 0 Å². The quantitative estimate of drug-likeness (QED) is 0.504. The van der Waals surface area contributed by atoms with E-state index in [0.29, 0.717) is 0 Å². The van der Waals surface area contributed by atoms with Crippen LogP contribution < -0.4 is 15.4 Å². The van der Waals surface area contributed by atoms with Gasteiger partial charge in [-0.05, 0) is 30.3 Å². The number of amides is 3. The summed E-state index contributed by atoms with van der Waals surface area (Å²) in [6.45, 7) is 0. The van der Waals surface area contributed by atoms with Crippen molar-refractivity contribution in [3.8, 4) is 5.75 Å². The summed E-state index contributed by atoms with van der Waals surface area (Å²) >= 11 is 11.5. The third-order valence-corrected chi connectivity index (χ3v) is 3.91. The number of hydrogen-bond donors (Lipinski definition) is 2. The molecule has 31 heavy (non-hydrogen) atoms. The highest BCUT2D eigenvalue weighted by Crippen LogP contribution is 2.35. The molecule has 2 aromatic carbocycles. The lowest BCUT2D eigenvalue weighted by Crippen LogP contribution is -2.41. The van der Waals surface area contributed by atoms with E-state index in [4.69, 9.17) is 23.2 Å². The number of rotatable bonds is 6. The second-order valence-electron chi connectivity index (χ2n) is 5.58. The normalized spacial score (nSPS) is 12.8. The average molecular weight is 491 g/mol. The molecule has 6 nitrogen and oxygen atoms in total. The van der Waals surface area contributed by atoms with Crippen LogP contribution in [0.3, 0.4) is 0 Å². The van der Waals surface area contributed by atoms with Crippen LogP contribution in [-0.2, 0) is 4.74 Å². The Morgan fingerprint density at radius 3 is 2.19 bits per heavy atom. The van der Waals surface area contributed by atoms with Crippen molar-refractivity contribution in [1.82, 2.24) is 5.32 Å². The Hall–Kier alpha value is -2.70. The molecule has 2 rings (SSSR count). The minimum Gasteiger partial charge on any atom is -0.427 e. The van der Waals surface area contributed by atoms with Gasteiger partial charge in [0, 0.05) is 5.69 Å². The van der Waals surface area contributed by atoms with Crippen molar-refractivity contribution in [2.24, 2.45) is 0 Å². The van der Waals surface area contributed by atoms with Crippen LogP contribution in [0.4, 0.5) is 36.8 Å². The van der Waals surface area contributed by atoms with Gasteiger partial charge in [-0.3, -0.25) is 10.1 Å². The van der Waals surface area contributed by atoms with E-state index in [9.17, 15) is 35.9 Å². The highest BCUT2D eigenvalue weighted by Gasteiger charge is 2.50. The van der Waals surface area contributed by atoms with Crippen LogP contribution >= 0.6 is 23.2 Å². The molecular weight excluding hydrogens is 481 g/mol. The Morgan fingerprint density at radius 1 is 0.968 bits per heavy atom. The number of benzene rings is 2. The van der Waals surface area contributed by atoms with Crippen molar-refractivity contribution in [2.45, 2.75) is 18.8 Å². The Morgan fingerprint density at radius 2 is 1.61 bits per heavy atom. The molecule has 14 heteroatoms. The van der Waals surface area contributed by atoms with E-state index in [1.807, 2.05) is 5.32 Å². The molecule has 2 N–H and O–H groups in total. The second kappa shape index (κ2) is 9.62. The molecule has 0 aliphatic rings. The molecule has 0 aliphatic carbocycles. The van der Waals surface area contributed by atoms with Crippen LogP contribution in [0.15, 0.2) is 42.5 Å². The van der Waals surface area contributed by atoms with E-state index < -0.39 is 41.5 Å². The Kier molecular flexibility index (Phi) is 7.63. The predicted octanol–water partition coefficient (Wildman–Crippen LogP) is 5.76. The average Bonchev–Trinajstić information content (AvgIpc) is 2.62. The van der Waals surface area contributed by atoms with E-state index in [1.54, 1.807) is 6.07 Å². The number of carbonyl (C=O) groups excluding carboxylic acids is 2. The van der Waals surface area contributed by atoms with Gasteiger partial charge in [-0.15, -0.1) is 13.2 Å². The van der Waals surface area contributed by atoms with Crippen molar-refractivity contribution in [1.29, 1.82) is 0 Å². The topological polar surface area (TPSA) is 76.7 Å². The third-order valence-electron chi connectivity index (χ3n) is 3.28. The minimum absolute atomic E-state index is 0.00480. The maximum atomic E-state index is 13.5. The zero-order chi connectivity index (χ0) is 23.4. The van der Waals surface area contributed by atoms with Crippen molar-refractivity contribution in [3.05, 3.63) is 58.1 Å². The second-order valence-corrected chi connectivity index (χ2v) is 6.39. The minimum atomic E-state index is -5.67. The van der Waals surface area contributed by atoms with Crippen molar-refractivity contribution in [3.63, 3.8) is 0 Å². The maximum absolute atomic E-state index is 13.5. The number of ether oxygens (including phenoxy) is 2. The fraction of sp³-hybridized carbons (Fsp3) is 0.176. The molecule has 0 aromatic heterocycles. The molecule has 0 aliphatic heterocycles. The van der Waals surface area contributed by atoms with Gasteiger partial charge in [0.25, 0.3) is 5.91 Å². The van der Waals surface area contributed by atoms with Gasteiger partial charge in [-0.25, -0.2) is 13.9 Å². The maximum Gasteiger partial charge on any atom is 0.525 e. The largest absolute Gasteiger partial charge is 0.525 e. The van der Waals surface area contributed by atoms with E-state index in [1.165, 1.54) is 18.2 Å². The van der Waals surface area contributed by atoms with Gasteiger partial charge >= 0.3 is 24.9 Å². The highest BCUT2D eigenvalue weighted by atomic mass is 35.5. The predicted molar refractivity (Wildman–Crippen MR) is 97.0 cm³/mol. The van der Waals surface area contributed by atoms with Gasteiger partial charge in [-0.2, -0.15) is 8.78 Å². The molecule has 1 unspecified atom stereocenters. The molecular formula is C17H10Cl2F6N2O4. The van der Waals surface area contributed by atoms with Crippen LogP contribution in [0.25, 0.3) is 0 Å². The molecule has 0 radical (unpaired) electrons. The number of urea groups is 1.